The Balaban J connectivity index is 1.79. The highest BCUT2D eigenvalue weighted by atomic mass is 16.5. The van der Waals surface area contributed by atoms with Crippen molar-refractivity contribution in [3.05, 3.63) is 36.2 Å². The molecule has 1 N–H and O–H groups in total. The second-order valence-electron chi connectivity index (χ2n) is 5.54. The first-order chi connectivity index (χ1) is 11.2. The molecule has 0 saturated heterocycles. The van der Waals surface area contributed by atoms with Gasteiger partial charge in [0.25, 0.3) is 0 Å². The normalized spacial score (nSPS) is 16.5. The number of rotatable bonds is 5. The van der Waals surface area contributed by atoms with Crippen molar-refractivity contribution < 1.29 is 9.53 Å². The molecule has 120 valence electrons. The van der Waals surface area contributed by atoms with Crippen LogP contribution in [0.4, 0.5) is 5.69 Å². The van der Waals surface area contributed by atoms with Crippen LogP contribution in [0, 0.1) is 12.8 Å². The van der Waals surface area contributed by atoms with Gasteiger partial charge < -0.3 is 10.1 Å². The number of nitrogens with one attached hydrogen (secondary N) is 1. The molecule has 0 radical (unpaired) electrons. The van der Waals surface area contributed by atoms with E-state index in [1.807, 2.05) is 12.1 Å². The Bertz CT molecular complexity index is 738. The Labute approximate surface area is 134 Å². The van der Waals surface area contributed by atoms with E-state index in [1.54, 1.807) is 24.8 Å². The maximum Gasteiger partial charge on any atom is 0.224 e. The maximum atomic E-state index is 12.2. The molecule has 1 unspecified atom stereocenters. The standard InChI is InChI=1S/C16H19N5O2/c1-11-18-19-20-21(11)14-10-13(7-8-15(14)23-2)17-16(22)9-12-5-3-4-6-12/h3,5,7-8,10,12H,4,6,9H2,1-2H3,(H,17,22). The number of nitrogens with zero attached hydrogens (tertiary/aromatic N) is 4. The Morgan fingerprint density at radius 3 is 3.00 bits per heavy atom. The van der Waals surface area contributed by atoms with Crippen molar-refractivity contribution in [2.24, 2.45) is 5.92 Å². The lowest BCUT2D eigenvalue weighted by Crippen LogP contribution is -2.15. The molecule has 1 aliphatic carbocycles. The lowest BCUT2D eigenvalue weighted by Gasteiger charge is -2.13. The van der Waals surface area contributed by atoms with Gasteiger partial charge in [-0.25, -0.2) is 0 Å². The van der Waals surface area contributed by atoms with E-state index in [2.05, 4.69) is 33.0 Å². The van der Waals surface area contributed by atoms with E-state index in [0.717, 1.165) is 12.8 Å². The van der Waals surface area contributed by atoms with Crippen molar-refractivity contribution in [3.63, 3.8) is 0 Å². The van der Waals surface area contributed by atoms with Crippen molar-refractivity contribution >= 4 is 11.6 Å². The summed E-state index contributed by atoms with van der Waals surface area (Å²) in [4.78, 5) is 12.2. The maximum absolute atomic E-state index is 12.2. The fourth-order valence-electron chi connectivity index (χ4n) is 2.70. The minimum absolute atomic E-state index is 0.00565. The van der Waals surface area contributed by atoms with Crippen LogP contribution < -0.4 is 10.1 Å². The summed E-state index contributed by atoms with van der Waals surface area (Å²) in [6.45, 7) is 1.80. The van der Waals surface area contributed by atoms with Gasteiger partial charge in [-0.15, -0.1) is 5.10 Å². The molecule has 2 aromatic rings. The van der Waals surface area contributed by atoms with Crippen LogP contribution in [0.2, 0.25) is 0 Å². The molecule has 1 heterocycles. The average molecular weight is 313 g/mol. The Morgan fingerprint density at radius 1 is 1.48 bits per heavy atom. The van der Waals surface area contributed by atoms with Gasteiger partial charge in [-0.05, 0) is 54.3 Å². The number of hydrogen-bond acceptors (Lipinski definition) is 5. The number of aryl methyl sites for hydroxylation is 1. The third-order valence-electron chi connectivity index (χ3n) is 3.88. The van der Waals surface area contributed by atoms with Gasteiger partial charge in [-0.1, -0.05) is 12.2 Å². The van der Waals surface area contributed by atoms with Gasteiger partial charge in [0, 0.05) is 12.1 Å². The summed E-state index contributed by atoms with van der Waals surface area (Å²) in [6.07, 6.45) is 6.85. The van der Waals surface area contributed by atoms with Crippen LogP contribution in [0.3, 0.4) is 0 Å². The minimum Gasteiger partial charge on any atom is -0.494 e. The SMILES string of the molecule is COc1ccc(NC(=O)CC2C=CCC2)cc1-n1nnnc1C. The number of tetrazole rings is 1. The third-order valence-corrected chi connectivity index (χ3v) is 3.88. The lowest BCUT2D eigenvalue weighted by atomic mass is 10.1. The molecule has 3 rings (SSSR count). The second-order valence-corrected chi connectivity index (χ2v) is 5.54. The van der Waals surface area contributed by atoms with Crippen LogP contribution in [0.25, 0.3) is 5.69 Å². The van der Waals surface area contributed by atoms with Crippen LogP contribution in [-0.2, 0) is 4.79 Å². The van der Waals surface area contributed by atoms with Gasteiger partial charge in [0.1, 0.15) is 11.4 Å². The topological polar surface area (TPSA) is 81.9 Å². The van der Waals surface area contributed by atoms with Crippen molar-refractivity contribution in [3.8, 4) is 11.4 Å². The van der Waals surface area contributed by atoms with Crippen molar-refractivity contribution in [1.82, 2.24) is 20.2 Å². The smallest absolute Gasteiger partial charge is 0.224 e. The van der Waals surface area contributed by atoms with Crippen molar-refractivity contribution in [2.75, 3.05) is 12.4 Å². The van der Waals surface area contributed by atoms with E-state index in [4.69, 9.17) is 4.74 Å². The number of hydrogen-bond donors (Lipinski definition) is 1. The number of allylic oxidation sites excluding steroid dienone is 2. The van der Waals surface area contributed by atoms with Gasteiger partial charge in [-0.2, -0.15) is 4.68 Å². The van der Waals surface area contributed by atoms with Gasteiger partial charge in [0.2, 0.25) is 5.91 Å². The van der Waals surface area contributed by atoms with Crippen LogP contribution in [0.5, 0.6) is 5.75 Å². The number of anilines is 1. The summed E-state index contributed by atoms with van der Waals surface area (Å²) in [5.41, 5.74) is 1.39. The minimum atomic E-state index is 0.00565. The summed E-state index contributed by atoms with van der Waals surface area (Å²) in [7, 11) is 1.59. The molecule has 0 aliphatic heterocycles. The molecule has 0 fully saturated rings. The molecule has 1 aromatic heterocycles. The summed E-state index contributed by atoms with van der Waals surface area (Å²) < 4.78 is 6.93. The summed E-state index contributed by atoms with van der Waals surface area (Å²) >= 11 is 0. The first-order valence-electron chi connectivity index (χ1n) is 7.57. The van der Waals surface area contributed by atoms with Gasteiger partial charge >= 0.3 is 0 Å². The van der Waals surface area contributed by atoms with Crippen LogP contribution in [0.15, 0.2) is 30.4 Å². The summed E-state index contributed by atoms with van der Waals surface area (Å²) in [6, 6.07) is 5.41. The highest BCUT2D eigenvalue weighted by Gasteiger charge is 2.16. The fourth-order valence-corrected chi connectivity index (χ4v) is 2.70. The Kier molecular flexibility index (Phi) is 4.36. The zero-order valence-electron chi connectivity index (χ0n) is 13.2. The average Bonchev–Trinajstić information content (AvgIpc) is 3.18. The molecule has 0 saturated carbocycles. The molecular weight excluding hydrogens is 294 g/mol. The van der Waals surface area contributed by atoms with E-state index in [0.29, 0.717) is 35.3 Å². The highest BCUT2D eigenvalue weighted by Crippen LogP contribution is 2.27. The molecule has 0 spiro atoms. The van der Waals surface area contributed by atoms with Crippen molar-refractivity contribution in [1.29, 1.82) is 0 Å². The number of ether oxygens (including phenoxy) is 1. The highest BCUT2D eigenvalue weighted by molar-refractivity contribution is 5.91. The van der Waals surface area contributed by atoms with E-state index >= 15 is 0 Å². The molecule has 1 aromatic carbocycles. The van der Waals surface area contributed by atoms with E-state index in [-0.39, 0.29) is 5.91 Å². The number of carbonyl (C=O) groups is 1. The van der Waals surface area contributed by atoms with E-state index < -0.39 is 0 Å². The van der Waals surface area contributed by atoms with Crippen LogP contribution >= 0.6 is 0 Å². The Morgan fingerprint density at radius 2 is 2.35 bits per heavy atom. The van der Waals surface area contributed by atoms with E-state index in [9.17, 15) is 4.79 Å². The van der Waals surface area contributed by atoms with E-state index in [1.165, 1.54) is 0 Å². The Hall–Kier alpha value is -2.70. The monoisotopic (exact) mass is 313 g/mol. The molecule has 23 heavy (non-hydrogen) atoms. The number of aromatic nitrogens is 4. The summed E-state index contributed by atoms with van der Waals surface area (Å²) in [5.74, 6) is 1.63. The number of benzene rings is 1. The van der Waals surface area contributed by atoms with Gasteiger partial charge in [0.15, 0.2) is 5.82 Å². The fraction of sp³-hybridized carbons (Fsp3) is 0.375. The van der Waals surface area contributed by atoms with Crippen LogP contribution in [-0.4, -0.2) is 33.2 Å². The number of carbonyl (C=O) groups excluding carboxylic acids is 1. The zero-order valence-corrected chi connectivity index (χ0v) is 13.2. The molecule has 1 aliphatic rings. The first kappa shape index (κ1) is 15.2. The molecule has 7 nitrogen and oxygen atoms in total. The number of amides is 1. The quantitative estimate of drug-likeness (QED) is 0.856. The first-order valence-corrected chi connectivity index (χ1v) is 7.57. The van der Waals surface area contributed by atoms with Gasteiger partial charge in [0.05, 0.1) is 7.11 Å². The van der Waals surface area contributed by atoms with Crippen LogP contribution in [0.1, 0.15) is 25.1 Å². The lowest BCUT2D eigenvalue weighted by molar-refractivity contribution is -0.116. The molecule has 7 heteroatoms. The predicted molar refractivity (Wildman–Crippen MR) is 85.6 cm³/mol. The zero-order chi connectivity index (χ0) is 16.2. The number of methoxy groups -OCH3 is 1. The second kappa shape index (κ2) is 6.60. The molecule has 0 bridgehead atoms. The molecular formula is C16H19N5O2. The molecule has 1 amide bonds. The summed E-state index contributed by atoms with van der Waals surface area (Å²) in [5, 5.41) is 14.4. The predicted octanol–water partition coefficient (Wildman–Crippen LogP) is 2.27. The van der Waals surface area contributed by atoms with Gasteiger partial charge in [-0.3, -0.25) is 4.79 Å². The third kappa shape index (κ3) is 3.39. The van der Waals surface area contributed by atoms with Crippen molar-refractivity contribution in [2.45, 2.75) is 26.2 Å². The molecule has 1 atom stereocenters. The largest absolute Gasteiger partial charge is 0.494 e.